The van der Waals surface area contributed by atoms with Crippen molar-refractivity contribution in [2.75, 3.05) is 19.9 Å². The molecule has 3 nitrogen and oxygen atoms in total. The van der Waals surface area contributed by atoms with Crippen molar-refractivity contribution < 1.29 is 9.53 Å². The molecule has 4 heteroatoms. The monoisotopic (exact) mass is 245 g/mol. The zero-order valence-electron chi connectivity index (χ0n) is 10.5. The van der Waals surface area contributed by atoms with Gasteiger partial charge in [-0.05, 0) is 26.8 Å². The first kappa shape index (κ1) is 13.8. The van der Waals surface area contributed by atoms with Gasteiger partial charge in [0.15, 0.2) is 0 Å². The van der Waals surface area contributed by atoms with Crippen molar-refractivity contribution in [3.8, 4) is 0 Å². The lowest BCUT2D eigenvalue weighted by Gasteiger charge is -2.29. The number of nitrogens with one attached hydrogen (secondary N) is 1. The number of carbonyl (C=O) groups excluding carboxylic acids is 1. The second-order valence-corrected chi connectivity index (χ2v) is 5.93. The van der Waals surface area contributed by atoms with Crippen molar-refractivity contribution in [1.29, 1.82) is 0 Å². The molecule has 1 fully saturated rings. The van der Waals surface area contributed by atoms with Gasteiger partial charge in [0, 0.05) is 11.0 Å². The Morgan fingerprint density at radius 3 is 2.56 bits per heavy atom. The maximum absolute atomic E-state index is 11.6. The van der Waals surface area contributed by atoms with Gasteiger partial charge in [-0.1, -0.05) is 19.3 Å². The van der Waals surface area contributed by atoms with Gasteiger partial charge < -0.3 is 10.1 Å². The van der Waals surface area contributed by atoms with Gasteiger partial charge in [0.05, 0.1) is 7.11 Å². The Morgan fingerprint density at radius 1 is 1.44 bits per heavy atom. The zero-order valence-corrected chi connectivity index (χ0v) is 11.4. The molecule has 1 atom stereocenters. The Labute approximate surface area is 103 Å². The van der Waals surface area contributed by atoms with Crippen LogP contribution in [-0.2, 0) is 9.53 Å². The number of hydrogen-bond acceptors (Lipinski definition) is 4. The van der Waals surface area contributed by atoms with E-state index in [0.29, 0.717) is 0 Å². The summed E-state index contributed by atoms with van der Waals surface area (Å²) in [5.74, 6) is 0.624. The van der Waals surface area contributed by atoms with Crippen LogP contribution in [0.2, 0.25) is 0 Å². The number of carbonyl (C=O) groups is 1. The largest absolute Gasteiger partial charge is 0.468 e. The van der Waals surface area contributed by atoms with Crippen LogP contribution in [0.1, 0.15) is 39.0 Å². The van der Waals surface area contributed by atoms with Gasteiger partial charge in [0.25, 0.3) is 0 Å². The fourth-order valence-corrected chi connectivity index (χ4v) is 3.47. The van der Waals surface area contributed by atoms with E-state index in [1.165, 1.54) is 39.2 Å². The van der Waals surface area contributed by atoms with Crippen LogP contribution < -0.4 is 5.32 Å². The third-order valence-electron chi connectivity index (χ3n) is 3.35. The molecule has 0 bridgehead atoms. The number of thioether (sulfide) groups is 1. The van der Waals surface area contributed by atoms with Gasteiger partial charge in [-0.25, -0.2) is 0 Å². The Morgan fingerprint density at radius 2 is 2.06 bits per heavy atom. The molecule has 16 heavy (non-hydrogen) atoms. The first-order chi connectivity index (χ1) is 7.62. The summed E-state index contributed by atoms with van der Waals surface area (Å²) in [6.45, 7) is 1.91. The number of likely N-dealkylation sites (N-methyl/N-ethyl adjacent to an activating group) is 1. The topological polar surface area (TPSA) is 38.3 Å². The normalized spacial score (nSPS) is 21.4. The van der Waals surface area contributed by atoms with Crippen LogP contribution in [0.4, 0.5) is 0 Å². The maximum Gasteiger partial charge on any atom is 0.326 e. The summed E-state index contributed by atoms with van der Waals surface area (Å²) >= 11 is 1.91. The summed E-state index contributed by atoms with van der Waals surface area (Å²) in [7, 11) is 3.27. The Bertz CT molecular complexity index is 229. The Balaban J connectivity index is 2.40. The van der Waals surface area contributed by atoms with Crippen molar-refractivity contribution in [2.45, 2.75) is 49.8 Å². The Hall–Kier alpha value is -0.220. The van der Waals surface area contributed by atoms with Gasteiger partial charge >= 0.3 is 5.97 Å². The van der Waals surface area contributed by atoms with Crippen molar-refractivity contribution in [2.24, 2.45) is 0 Å². The fourth-order valence-electron chi connectivity index (χ4n) is 1.97. The first-order valence-corrected chi connectivity index (χ1v) is 7.06. The summed E-state index contributed by atoms with van der Waals surface area (Å²) in [5.41, 5.74) is -0.545. The Kier molecular flexibility index (Phi) is 5.62. The smallest absolute Gasteiger partial charge is 0.326 e. The van der Waals surface area contributed by atoms with Crippen LogP contribution in [0, 0.1) is 0 Å². The minimum absolute atomic E-state index is 0.168. The highest BCUT2D eigenvalue weighted by atomic mass is 32.2. The molecule has 1 N–H and O–H groups in total. The maximum atomic E-state index is 11.6. The lowest BCUT2D eigenvalue weighted by Crippen LogP contribution is -2.50. The fraction of sp³-hybridized carbons (Fsp3) is 0.917. The molecule has 1 saturated carbocycles. The van der Waals surface area contributed by atoms with Crippen LogP contribution in [0.5, 0.6) is 0 Å². The number of esters is 1. The second-order valence-electron chi connectivity index (χ2n) is 4.64. The molecule has 1 unspecified atom stereocenters. The van der Waals surface area contributed by atoms with E-state index >= 15 is 0 Å². The van der Waals surface area contributed by atoms with E-state index in [1.54, 1.807) is 0 Å². The highest BCUT2D eigenvalue weighted by molar-refractivity contribution is 8.00. The molecule has 0 spiro atoms. The molecule has 1 rings (SSSR count). The third kappa shape index (κ3) is 3.67. The highest BCUT2D eigenvalue weighted by Crippen LogP contribution is 2.30. The van der Waals surface area contributed by atoms with Crippen molar-refractivity contribution in [3.63, 3.8) is 0 Å². The average Bonchev–Trinajstić information content (AvgIpc) is 2.36. The second kappa shape index (κ2) is 6.50. The minimum atomic E-state index is -0.545. The van der Waals surface area contributed by atoms with Crippen molar-refractivity contribution in [3.05, 3.63) is 0 Å². The van der Waals surface area contributed by atoms with E-state index in [2.05, 4.69) is 5.32 Å². The molecular weight excluding hydrogens is 222 g/mol. The van der Waals surface area contributed by atoms with Gasteiger partial charge in [-0.15, -0.1) is 0 Å². The van der Waals surface area contributed by atoms with Crippen LogP contribution in [-0.4, -0.2) is 36.7 Å². The van der Waals surface area contributed by atoms with E-state index in [1.807, 2.05) is 25.7 Å². The van der Waals surface area contributed by atoms with Gasteiger partial charge in [0.2, 0.25) is 0 Å². The molecule has 0 aromatic heterocycles. The molecule has 0 aromatic carbocycles. The molecular formula is C12H23NO2S. The lowest BCUT2D eigenvalue weighted by atomic mass is 10.0. The summed E-state index contributed by atoms with van der Waals surface area (Å²) in [4.78, 5) is 11.6. The molecule has 0 aromatic rings. The number of ether oxygens (including phenoxy) is 1. The molecule has 94 valence electrons. The molecule has 0 radical (unpaired) electrons. The minimum Gasteiger partial charge on any atom is -0.468 e. The van der Waals surface area contributed by atoms with E-state index in [4.69, 9.17) is 4.74 Å². The van der Waals surface area contributed by atoms with Crippen molar-refractivity contribution >= 4 is 17.7 Å². The highest BCUT2D eigenvalue weighted by Gasteiger charge is 2.33. The van der Waals surface area contributed by atoms with Crippen LogP contribution >= 0.6 is 11.8 Å². The van der Waals surface area contributed by atoms with Crippen LogP contribution in [0.15, 0.2) is 0 Å². The predicted molar refractivity (Wildman–Crippen MR) is 68.8 cm³/mol. The van der Waals surface area contributed by atoms with E-state index < -0.39 is 5.54 Å². The number of methoxy groups -OCH3 is 1. The molecule has 0 heterocycles. The predicted octanol–water partition coefficient (Wildman–Crippen LogP) is 2.20. The zero-order chi connectivity index (χ0) is 12.0. The third-order valence-corrected chi connectivity index (χ3v) is 5.03. The summed E-state index contributed by atoms with van der Waals surface area (Å²) in [6, 6.07) is 0. The van der Waals surface area contributed by atoms with E-state index in [9.17, 15) is 4.79 Å². The van der Waals surface area contributed by atoms with Crippen LogP contribution in [0.3, 0.4) is 0 Å². The average molecular weight is 245 g/mol. The van der Waals surface area contributed by atoms with Gasteiger partial charge in [-0.2, -0.15) is 11.8 Å². The molecule has 1 aliphatic rings. The number of rotatable bonds is 5. The van der Waals surface area contributed by atoms with E-state index in [0.717, 1.165) is 11.0 Å². The lowest BCUT2D eigenvalue weighted by molar-refractivity contribution is -0.146. The quantitative estimate of drug-likeness (QED) is 0.754. The molecule has 0 aliphatic heterocycles. The first-order valence-electron chi connectivity index (χ1n) is 6.01. The number of hydrogen-bond donors (Lipinski definition) is 1. The molecule has 1 aliphatic carbocycles. The molecule has 0 saturated heterocycles. The van der Waals surface area contributed by atoms with Crippen molar-refractivity contribution in [1.82, 2.24) is 5.32 Å². The standard InChI is InChI=1S/C12H23NO2S/c1-12(13-2,11(14)15-3)9-16-10-7-5-4-6-8-10/h10,13H,4-9H2,1-3H3. The summed E-state index contributed by atoms with van der Waals surface area (Å²) in [5, 5.41) is 3.80. The summed E-state index contributed by atoms with van der Waals surface area (Å²) in [6.07, 6.45) is 6.65. The summed E-state index contributed by atoms with van der Waals surface area (Å²) < 4.78 is 4.83. The SMILES string of the molecule is CNC(C)(CSC1CCCCC1)C(=O)OC. The molecule has 0 amide bonds. The van der Waals surface area contributed by atoms with E-state index in [-0.39, 0.29) is 5.97 Å². The van der Waals surface area contributed by atoms with Gasteiger partial charge in [-0.3, -0.25) is 4.79 Å². The van der Waals surface area contributed by atoms with Gasteiger partial charge in [0.1, 0.15) is 5.54 Å². The van der Waals surface area contributed by atoms with Crippen LogP contribution in [0.25, 0.3) is 0 Å².